The Labute approximate surface area is 95.5 Å². The Balaban J connectivity index is 3.09. The molecule has 0 bridgehead atoms. The molecule has 0 fully saturated rings. The first-order valence-corrected chi connectivity index (χ1v) is 4.49. The maximum atomic E-state index is 10.8. The maximum absolute atomic E-state index is 10.8. The van der Waals surface area contributed by atoms with Crippen LogP contribution in [-0.4, -0.2) is 26.8 Å². The van der Waals surface area contributed by atoms with Crippen LogP contribution in [0.3, 0.4) is 0 Å². The SMILES string of the molecule is CC(Nc1nc(NN)ncc1[N+](=O)[O-])C(N)=O. The number of hydrazine groups is 1. The van der Waals surface area contributed by atoms with Crippen molar-refractivity contribution in [3.8, 4) is 0 Å². The number of aromatic nitrogens is 2. The van der Waals surface area contributed by atoms with E-state index in [0.717, 1.165) is 6.20 Å². The van der Waals surface area contributed by atoms with Gasteiger partial charge in [-0.2, -0.15) is 4.98 Å². The Kier molecular flexibility index (Phi) is 3.72. The van der Waals surface area contributed by atoms with Crippen molar-refractivity contribution in [2.24, 2.45) is 11.6 Å². The van der Waals surface area contributed by atoms with Gasteiger partial charge >= 0.3 is 5.69 Å². The van der Waals surface area contributed by atoms with Crippen LogP contribution in [0.5, 0.6) is 0 Å². The Hall–Kier alpha value is -2.49. The molecular weight excluding hydrogens is 230 g/mol. The van der Waals surface area contributed by atoms with Gasteiger partial charge in [0.05, 0.1) is 4.92 Å². The van der Waals surface area contributed by atoms with Crippen molar-refractivity contribution in [1.29, 1.82) is 0 Å². The van der Waals surface area contributed by atoms with Gasteiger partial charge in [0.2, 0.25) is 17.7 Å². The summed E-state index contributed by atoms with van der Waals surface area (Å²) in [4.78, 5) is 28.2. The van der Waals surface area contributed by atoms with Gasteiger partial charge in [-0.15, -0.1) is 0 Å². The average molecular weight is 241 g/mol. The van der Waals surface area contributed by atoms with Gasteiger partial charge in [-0.05, 0) is 6.92 Å². The highest BCUT2D eigenvalue weighted by atomic mass is 16.6. The summed E-state index contributed by atoms with van der Waals surface area (Å²) < 4.78 is 0. The first-order chi connectivity index (χ1) is 7.95. The fraction of sp³-hybridized carbons (Fsp3) is 0.286. The zero-order valence-corrected chi connectivity index (χ0v) is 8.88. The Bertz CT molecular complexity index is 449. The predicted molar refractivity (Wildman–Crippen MR) is 58.8 cm³/mol. The molecule has 0 aromatic carbocycles. The summed E-state index contributed by atoms with van der Waals surface area (Å²) in [5.74, 6) is 4.25. The van der Waals surface area contributed by atoms with Crippen LogP contribution in [0.2, 0.25) is 0 Å². The molecule has 1 heterocycles. The summed E-state index contributed by atoms with van der Waals surface area (Å²) in [7, 11) is 0. The van der Waals surface area contributed by atoms with Gasteiger partial charge in [0, 0.05) is 0 Å². The number of hydrogen-bond acceptors (Lipinski definition) is 8. The monoisotopic (exact) mass is 241 g/mol. The number of nitrogens with zero attached hydrogens (tertiary/aromatic N) is 3. The lowest BCUT2D eigenvalue weighted by atomic mass is 10.3. The van der Waals surface area contributed by atoms with E-state index in [1.165, 1.54) is 6.92 Å². The molecule has 17 heavy (non-hydrogen) atoms. The first-order valence-electron chi connectivity index (χ1n) is 4.49. The molecule has 0 saturated carbocycles. The third kappa shape index (κ3) is 2.98. The fourth-order valence-electron chi connectivity index (χ4n) is 0.961. The number of nitrogens with one attached hydrogen (secondary N) is 2. The van der Waals surface area contributed by atoms with Crippen molar-refractivity contribution in [2.45, 2.75) is 13.0 Å². The van der Waals surface area contributed by atoms with Crippen molar-refractivity contribution >= 4 is 23.4 Å². The van der Waals surface area contributed by atoms with E-state index in [0.29, 0.717) is 0 Å². The zero-order valence-electron chi connectivity index (χ0n) is 8.88. The summed E-state index contributed by atoms with van der Waals surface area (Å²) in [6, 6.07) is -0.811. The number of nitro groups is 1. The number of anilines is 2. The predicted octanol–water partition coefficient (Wildman–Crippen LogP) is -1.04. The minimum absolute atomic E-state index is 0.0187. The normalized spacial score (nSPS) is 11.6. The molecule has 1 rings (SSSR count). The third-order valence-electron chi connectivity index (χ3n) is 1.88. The Morgan fingerprint density at radius 2 is 2.29 bits per heavy atom. The molecular formula is C7H11N7O3. The number of amides is 1. The molecule has 1 amide bonds. The zero-order chi connectivity index (χ0) is 13.0. The molecule has 0 radical (unpaired) electrons. The van der Waals surface area contributed by atoms with E-state index < -0.39 is 16.9 Å². The smallest absolute Gasteiger partial charge is 0.329 e. The molecule has 0 saturated heterocycles. The summed E-state index contributed by atoms with van der Waals surface area (Å²) in [6.07, 6.45) is 0.970. The van der Waals surface area contributed by atoms with Crippen LogP contribution in [0, 0.1) is 10.1 Å². The Morgan fingerprint density at radius 3 is 2.76 bits per heavy atom. The molecule has 6 N–H and O–H groups in total. The van der Waals surface area contributed by atoms with Crippen LogP contribution >= 0.6 is 0 Å². The molecule has 10 heteroatoms. The molecule has 0 spiro atoms. The van der Waals surface area contributed by atoms with Crippen molar-refractivity contribution in [2.75, 3.05) is 10.7 Å². The van der Waals surface area contributed by atoms with Crippen molar-refractivity contribution in [1.82, 2.24) is 9.97 Å². The molecule has 0 aliphatic rings. The van der Waals surface area contributed by atoms with Crippen LogP contribution in [0.15, 0.2) is 6.20 Å². The number of hydrogen-bond donors (Lipinski definition) is 4. The standard InChI is InChI=1S/C7H11N7O3/c1-3(5(8)15)11-6-4(14(16)17)2-10-7(12-6)13-9/h2-3H,9H2,1H3,(H2,8,15)(H2,10,11,12,13). The number of rotatable bonds is 5. The quantitative estimate of drug-likeness (QED) is 0.288. The average Bonchev–Trinajstić information content (AvgIpc) is 2.28. The first kappa shape index (κ1) is 12.6. The van der Waals surface area contributed by atoms with Gasteiger partial charge in [0.25, 0.3) is 0 Å². The van der Waals surface area contributed by atoms with Crippen molar-refractivity contribution in [3.05, 3.63) is 16.3 Å². The Morgan fingerprint density at radius 1 is 1.65 bits per heavy atom. The minimum atomic E-state index is -0.811. The van der Waals surface area contributed by atoms with Crippen LogP contribution in [0.25, 0.3) is 0 Å². The number of nitrogen functional groups attached to an aromatic ring is 1. The largest absolute Gasteiger partial charge is 0.368 e. The molecule has 1 unspecified atom stereocenters. The molecule has 1 atom stereocenters. The molecule has 1 aromatic heterocycles. The van der Waals surface area contributed by atoms with Gasteiger partial charge in [-0.1, -0.05) is 0 Å². The summed E-state index contributed by atoms with van der Waals surface area (Å²) in [6.45, 7) is 1.45. The highest BCUT2D eigenvalue weighted by Crippen LogP contribution is 2.22. The number of nitrogens with two attached hydrogens (primary N) is 2. The van der Waals surface area contributed by atoms with Crippen LogP contribution in [0.1, 0.15) is 6.92 Å². The topological polar surface area (TPSA) is 162 Å². The molecule has 0 aliphatic carbocycles. The van der Waals surface area contributed by atoms with Gasteiger partial charge in [-0.3, -0.25) is 20.3 Å². The van der Waals surface area contributed by atoms with E-state index in [9.17, 15) is 14.9 Å². The van der Waals surface area contributed by atoms with Crippen molar-refractivity contribution in [3.63, 3.8) is 0 Å². The second-order valence-corrected chi connectivity index (χ2v) is 3.10. The molecule has 0 aliphatic heterocycles. The summed E-state index contributed by atoms with van der Waals surface area (Å²) in [5, 5.41) is 13.2. The van der Waals surface area contributed by atoms with Gasteiger partial charge < -0.3 is 11.1 Å². The third-order valence-corrected chi connectivity index (χ3v) is 1.88. The molecule has 10 nitrogen and oxygen atoms in total. The second kappa shape index (κ2) is 5.03. The van der Waals surface area contributed by atoms with Gasteiger partial charge in [0.1, 0.15) is 12.2 Å². The lowest BCUT2D eigenvalue weighted by Gasteiger charge is -2.11. The van der Waals surface area contributed by atoms with E-state index in [1.807, 2.05) is 0 Å². The molecule has 1 aromatic rings. The second-order valence-electron chi connectivity index (χ2n) is 3.10. The van der Waals surface area contributed by atoms with Crippen molar-refractivity contribution < 1.29 is 9.72 Å². The highest BCUT2D eigenvalue weighted by Gasteiger charge is 2.20. The van der Waals surface area contributed by atoms with E-state index in [4.69, 9.17) is 11.6 Å². The number of primary amides is 1. The summed E-state index contributed by atoms with van der Waals surface area (Å²) in [5.41, 5.74) is 6.78. The van der Waals surface area contributed by atoms with Gasteiger partial charge in [0.15, 0.2) is 0 Å². The number of carbonyl (C=O) groups excluding carboxylic acids is 1. The number of carbonyl (C=O) groups is 1. The minimum Gasteiger partial charge on any atom is -0.368 e. The summed E-state index contributed by atoms with van der Waals surface area (Å²) >= 11 is 0. The van der Waals surface area contributed by atoms with E-state index >= 15 is 0 Å². The van der Waals surface area contributed by atoms with Crippen LogP contribution < -0.4 is 22.3 Å². The molecule has 92 valence electrons. The fourth-order valence-corrected chi connectivity index (χ4v) is 0.961. The van der Waals surface area contributed by atoms with E-state index in [-0.39, 0.29) is 17.5 Å². The van der Waals surface area contributed by atoms with E-state index in [1.54, 1.807) is 0 Å². The lowest BCUT2D eigenvalue weighted by molar-refractivity contribution is -0.384. The van der Waals surface area contributed by atoms with Crippen LogP contribution in [-0.2, 0) is 4.79 Å². The highest BCUT2D eigenvalue weighted by molar-refractivity contribution is 5.82. The van der Waals surface area contributed by atoms with Crippen LogP contribution in [0.4, 0.5) is 17.5 Å². The lowest BCUT2D eigenvalue weighted by Crippen LogP contribution is -2.33. The maximum Gasteiger partial charge on any atom is 0.329 e. The van der Waals surface area contributed by atoms with E-state index in [2.05, 4.69) is 20.7 Å². The van der Waals surface area contributed by atoms with Gasteiger partial charge in [-0.25, -0.2) is 10.8 Å².